The summed E-state index contributed by atoms with van der Waals surface area (Å²) in [6.45, 7) is 0. The Morgan fingerprint density at radius 3 is 2.77 bits per heavy atom. The van der Waals surface area contributed by atoms with Gasteiger partial charge in [0.2, 0.25) is 0 Å². The van der Waals surface area contributed by atoms with Crippen LogP contribution < -0.4 is 5.73 Å². The van der Waals surface area contributed by atoms with Crippen molar-refractivity contribution < 1.29 is 0 Å². The zero-order chi connectivity index (χ0) is 9.42. The van der Waals surface area contributed by atoms with Crippen molar-refractivity contribution >= 4 is 34.2 Å². The molecule has 1 atom stereocenters. The molecule has 0 aromatic heterocycles. The van der Waals surface area contributed by atoms with Crippen LogP contribution in [0.4, 0.5) is 0 Å². The molecule has 0 bridgehead atoms. The van der Waals surface area contributed by atoms with Crippen LogP contribution in [0.1, 0.15) is 24.4 Å². The summed E-state index contributed by atoms with van der Waals surface area (Å²) in [5.74, 6) is 0.687. The van der Waals surface area contributed by atoms with Gasteiger partial charge in [0.05, 0.1) is 0 Å². The molecule has 0 aliphatic heterocycles. The van der Waals surface area contributed by atoms with Crippen molar-refractivity contribution in [3.63, 3.8) is 0 Å². The highest BCUT2D eigenvalue weighted by Crippen LogP contribution is 2.41. The maximum Gasteiger partial charge on any atom is 0.0410 e. The smallest absolute Gasteiger partial charge is 0.0410 e. The van der Waals surface area contributed by atoms with E-state index in [9.17, 15) is 0 Å². The molecule has 1 nitrogen and oxygen atoms in total. The van der Waals surface area contributed by atoms with Gasteiger partial charge in [0.1, 0.15) is 0 Å². The first-order valence-corrected chi connectivity index (χ1v) is 5.84. The molecule has 1 aliphatic carbocycles. The zero-order valence-electron chi connectivity index (χ0n) is 7.13. The second-order valence-electron chi connectivity index (χ2n) is 3.53. The van der Waals surface area contributed by atoms with Crippen molar-refractivity contribution in [2.75, 3.05) is 0 Å². The molecular formula is C10H11ClIN. The highest BCUT2D eigenvalue weighted by Gasteiger charge is 2.30. The highest BCUT2D eigenvalue weighted by molar-refractivity contribution is 14.1. The number of benzene rings is 1. The minimum absolute atomic E-state index is 0.186. The monoisotopic (exact) mass is 307 g/mol. The molecule has 2 N–H and O–H groups in total. The molecule has 0 heterocycles. The lowest BCUT2D eigenvalue weighted by Crippen LogP contribution is -2.13. The first kappa shape index (κ1) is 9.74. The summed E-state index contributed by atoms with van der Waals surface area (Å²) in [7, 11) is 0. The van der Waals surface area contributed by atoms with Gasteiger partial charge in [0.25, 0.3) is 0 Å². The van der Waals surface area contributed by atoms with Crippen LogP contribution in [0.3, 0.4) is 0 Å². The molecule has 1 aliphatic rings. The molecule has 0 radical (unpaired) electrons. The van der Waals surface area contributed by atoms with Crippen molar-refractivity contribution in [1.29, 1.82) is 0 Å². The Hall–Kier alpha value is 0.200. The summed E-state index contributed by atoms with van der Waals surface area (Å²) >= 11 is 8.24. The largest absolute Gasteiger partial charge is 0.324 e. The normalized spacial score (nSPS) is 18.7. The van der Waals surface area contributed by atoms with Gasteiger partial charge in [-0.2, -0.15) is 0 Å². The molecule has 70 valence electrons. The fraction of sp³-hybridized carbons (Fsp3) is 0.400. The van der Waals surface area contributed by atoms with Crippen LogP contribution in [-0.4, -0.2) is 0 Å². The van der Waals surface area contributed by atoms with E-state index >= 15 is 0 Å². The zero-order valence-corrected chi connectivity index (χ0v) is 10.0. The number of hydrogen-bond acceptors (Lipinski definition) is 1. The predicted molar refractivity (Wildman–Crippen MR) is 63.8 cm³/mol. The van der Waals surface area contributed by atoms with E-state index < -0.39 is 0 Å². The SMILES string of the molecule is N[C@@H](c1cc(Cl)ccc1I)C1CC1. The van der Waals surface area contributed by atoms with Crippen molar-refractivity contribution in [1.82, 2.24) is 0 Å². The van der Waals surface area contributed by atoms with Crippen LogP contribution in [0, 0.1) is 9.49 Å². The van der Waals surface area contributed by atoms with Gasteiger partial charge in [-0.3, -0.25) is 0 Å². The topological polar surface area (TPSA) is 26.0 Å². The minimum Gasteiger partial charge on any atom is -0.324 e. The van der Waals surface area contributed by atoms with Crippen molar-refractivity contribution in [3.05, 3.63) is 32.4 Å². The van der Waals surface area contributed by atoms with Crippen molar-refractivity contribution in [2.45, 2.75) is 18.9 Å². The summed E-state index contributed by atoms with van der Waals surface area (Å²) in [6, 6.07) is 6.12. The molecule has 1 aromatic carbocycles. The molecule has 0 amide bonds. The lowest BCUT2D eigenvalue weighted by Gasteiger charge is -2.12. The number of nitrogens with two attached hydrogens (primary N) is 1. The van der Waals surface area contributed by atoms with Crippen molar-refractivity contribution in [2.24, 2.45) is 11.7 Å². The highest BCUT2D eigenvalue weighted by atomic mass is 127. The van der Waals surface area contributed by atoms with Gasteiger partial charge in [0, 0.05) is 14.6 Å². The Morgan fingerprint density at radius 2 is 2.15 bits per heavy atom. The van der Waals surface area contributed by atoms with Crippen LogP contribution >= 0.6 is 34.2 Å². The van der Waals surface area contributed by atoms with Gasteiger partial charge >= 0.3 is 0 Å². The molecule has 1 saturated carbocycles. The summed E-state index contributed by atoms with van der Waals surface area (Å²) in [6.07, 6.45) is 2.54. The van der Waals surface area contributed by atoms with E-state index in [1.165, 1.54) is 22.0 Å². The molecule has 0 saturated heterocycles. The second kappa shape index (κ2) is 3.75. The van der Waals surface area contributed by atoms with Crippen LogP contribution in [0.2, 0.25) is 5.02 Å². The minimum atomic E-state index is 0.186. The first-order chi connectivity index (χ1) is 6.18. The molecule has 0 spiro atoms. The summed E-state index contributed by atoms with van der Waals surface area (Å²) < 4.78 is 1.22. The summed E-state index contributed by atoms with van der Waals surface area (Å²) in [5.41, 5.74) is 7.31. The standard InChI is InChI=1S/C10H11ClIN/c11-7-3-4-9(12)8(5-7)10(13)6-1-2-6/h3-6,10H,1-2,13H2/t10-/m1/s1. The van der Waals surface area contributed by atoms with E-state index in [-0.39, 0.29) is 6.04 Å². The number of hydrogen-bond donors (Lipinski definition) is 1. The molecule has 13 heavy (non-hydrogen) atoms. The third kappa shape index (κ3) is 2.17. The van der Waals surface area contributed by atoms with E-state index in [1.54, 1.807) is 0 Å². The average Bonchev–Trinajstić information content (AvgIpc) is 2.91. The van der Waals surface area contributed by atoms with Crippen LogP contribution in [0.5, 0.6) is 0 Å². The van der Waals surface area contributed by atoms with E-state index in [1.807, 2.05) is 18.2 Å². The maximum atomic E-state index is 6.11. The molecular weight excluding hydrogens is 296 g/mol. The number of rotatable bonds is 2. The fourth-order valence-corrected chi connectivity index (χ4v) is 2.35. The lowest BCUT2D eigenvalue weighted by molar-refractivity contribution is 0.630. The molecule has 3 heteroatoms. The van der Waals surface area contributed by atoms with E-state index in [4.69, 9.17) is 17.3 Å². The van der Waals surface area contributed by atoms with E-state index in [0.717, 1.165) is 5.02 Å². The first-order valence-electron chi connectivity index (χ1n) is 4.39. The molecule has 0 unspecified atom stereocenters. The van der Waals surface area contributed by atoms with E-state index in [0.29, 0.717) is 5.92 Å². The number of halogens is 2. The van der Waals surface area contributed by atoms with Crippen LogP contribution in [-0.2, 0) is 0 Å². The Kier molecular flexibility index (Phi) is 2.81. The lowest BCUT2D eigenvalue weighted by atomic mass is 10.0. The van der Waals surface area contributed by atoms with Gasteiger partial charge in [-0.1, -0.05) is 11.6 Å². The Balaban J connectivity index is 2.31. The van der Waals surface area contributed by atoms with Gasteiger partial charge in [0.15, 0.2) is 0 Å². The third-order valence-corrected chi connectivity index (χ3v) is 3.66. The molecule has 1 fully saturated rings. The van der Waals surface area contributed by atoms with Crippen LogP contribution in [0.15, 0.2) is 18.2 Å². The van der Waals surface area contributed by atoms with Gasteiger partial charge in [-0.25, -0.2) is 0 Å². The summed E-state index contributed by atoms with van der Waals surface area (Å²) in [5, 5.41) is 0.784. The fourth-order valence-electron chi connectivity index (χ4n) is 1.48. The Morgan fingerprint density at radius 1 is 1.46 bits per heavy atom. The maximum absolute atomic E-state index is 6.11. The van der Waals surface area contributed by atoms with Crippen molar-refractivity contribution in [3.8, 4) is 0 Å². The van der Waals surface area contributed by atoms with Crippen LogP contribution in [0.25, 0.3) is 0 Å². The van der Waals surface area contributed by atoms with E-state index in [2.05, 4.69) is 22.6 Å². The summed E-state index contributed by atoms with van der Waals surface area (Å²) in [4.78, 5) is 0. The Labute approximate surface area is 96.8 Å². The quantitative estimate of drug-likeness (QED) is 0.833. The molecule has 2 rings (SSSR count). The average molecular weight is 308 g/mol. The predicted octanol–water partition coefficient (Wildman–Crippen LogP) is 3.35. The molecule has 1 aromatic rings. The second-order valence-corrected chi connectivity index (χ2v) is 5.13. The Bertz CT molecular complexity index is 323. The van der Waals surface area contributed by atoms with Gasteiger partial charge in [-0.05, 0) is 65.1 Å². The van der Waals surface area contributed by atoms with Gasteiger partial charge < -0.3 is 5.73 Å². The third-order valence-electron chi connectivity index (χ3n) is 2.45. The van der Waals surface area contributed by atoms with Gasteiger partial charge in [-0.15, -0.1) is 0 Å².